The van der Waals surface area contributed by atoms with Crippen molar-refractivity contribution in [3.63, 3.8) is 0 Å². The van der Waals surface area contributed by atoms with E-state index in [9.17, 15) is 4.39 Å². The molecule has 0 radical (unpaired) electrons. The molecule has 0 spiro atoms. The number of benzene rings is 2. The maximum atomic E-state index is 13.0. The topological polar surface area (TPSA) is 35.2 Å². The first-order chi connectivity index (χ1) is 8.28. The van der Waals surface area contributed by atoms with Gasteiger partial charge in [-0.3, -0.25) is 0 Å². The molecular formula is C14H14FNO. The Morgan fingerprint density at radius 2 is 1.71 bits per heavy atom. The quantitative estimate of drug-likeness (QED) is 0.877. The molecule has 2 aromatic rings. The Balaban J connectivity index is 2.15. The molecule has 0 fully saturated rings. The summed E-state index contributed by atoms with van der Waals surface area (Å²) in [7, 11) is 0. The highest BCUT2D eigenvalue weighted by Crippen LogP contribution is 2.22. The predicted molar refractivity (Wildman–Crippen MR) is 65.7 cm³/mol. The molecule has 3 heteroatoms. The van der Waals surface area contributed by atoms with Crippen molar-refractivity contribution in [3.05, 3.63) is 59.9 Å². The van der Waals surface area contributed by atoms with E-state index in [1.54, 1.807) is 12.1 Å². The molecule has 2 rings (SSSR count). The van der Waals surface area contributed by atoms with Crippen LogP contribution in [0.4, 0.5) is 4.39 Å². The van der Waals surface area contributed by atoms with Gasteiger partial charge in [0.2, 0.25) is 0 Å². The van der Waals surface area contributed by atoms with Crippen LogP contribution in [0.15, 0.2) is 48.5 Å². The summed E-state index contributed by atoms with van der Waals surface area (Å²) < 4.78 is 18.5. The van der Waals surface area contributed by atoms with E-state index < -0.39 is 0 Å². The van der Waals surface area contributed by atoms with Gasteiger partial charge in [0.15, 0.2) is 0 Å². The van der Waals surface area contributed by atoms with Crippen molar-refractivity contribution in [1.29, 1.82) is 0 Å². The largest absolute Gasteiger partial charge is 0.457 e. The van der Waals surface area contributed by atoms with E-state index in [1.807, 2.05) is 24.3 Å². The fourth-order valence-corrected chi connectivity index (χ4v) is 1.60. The lowest BCUT2D eigenvalue weighted by Crippen LogP contribution is -2.02. The lowest BCUT2D eigenvalue weighted by atomic mass is 10.1. The molecule has 0 aliphatic heterocycles. The van der Waals surface area contributed by atoms with Crippen LogP contribution in [0.2, 0.25) is 0 Å². The second-order valence-electron chi connectivity index (χ2n) is 3.75. The Kier molecular flexibility index (Phi) is 3.73. The molecule has 0 bridgehead atoms. The SMILES string of the molecule is NCCc1cccc(Oc2cccc(F)c2)c1. The molecular weight excluding hydrogens is 217 g/mol. The molecule has 2 aromatic carbocycles. The average molecular weight is 231 g/mol. The van der Waals surface area contributed by atoms with E-state index >= 15 is 0 Å². The minimum atomic E-state index is -0.305. The smallest absolute Gasteiger partial charge is 0.130 e. The summed E-state index contributed by atoms with van der Waals surface area (Å²) in [6, 6.07) is 13.7. The Morgan fingerprint density at radius 1 is 1.00 bits per heavy atom. The Bertz CT molecular complexity index is 499. The van der Waals surface area contributed by atoms with E-state index in [1.165, 1.54) is 12.1 Å². The highest BCUT2D eigenvalue weighted by atomic mass is 19.1. The second kappa shape index (κ2) is 5.46. The van der Waals surface area contributed by atoms with Crippen molar-refractivity contribution in [2.75, 3.05) is 6.54 Å². The standard InChI is InChI=1S/C14H14FNO/c15-12-4-2-6-14(10-12)17-13-5-1-3-11(9-13)7-8-16/h1-6,9-10H,7-8,16H2. The molecule has 2 N–H and O–H groups in total. The highest BCUT2D eigenvalue weighted by molar-refractivity contribution is 5.34. The zero-order valence-corrected chi connectivity index (χ0v) is 9.40. The van der Waals surface area contributed by atoms with Gasteiger partial charge in [0.25, 0.3) is 0 Å². The number of hydrogen-bond acceptors (Lipinski definition) is 2. The van der Waals surface area contributed by atoms with Crippen molar-refractivity contribution < 1.29 is 9.13 Å². The van der Waals surface area contributed by atoms with Crippen molar-refractivity contribution in [1.82, 2.24) is 0 Å². The Hall–Kier alpha value is -1.87. The first kappa shape index (κ1) is 11.6. The summed E-state index contributed by atoms with van der Waals surface area (Å²) in [6.45, 7) is 0.601. The zero-order chi connectivity index (χ0) is 12.1. The summed E-state index contributed by atoms with van der Waals surface area (Å²) >= 11 is 0. The number of ether oxygens (including phenoxy) is 1. The van der Waals surface area contributed by atoms with Gasteiger partial charge in [-0.05, 0) is 42.8 Å². The molecule has 17 heavy (non-hydrogen) atoms. The van der Waals surface area contributed by atoms with Crippen LogP contribution >= 0.6 is 0 Å². The second-order valence-corrected chi connectivity index (χ2v) is 3.75. The summed E-state index contributed by atoms with van der Waals surface area (Å²) in [4.78, 5) is 0. The van der Waals surface area contributed by atoms with Gasteiger partial charge in [-0.2, -0.15) is 0 Å². The molecule has 0 aliphatic rings. The van der Waals surface area contributed by atoms with E-state index in [0.29, 0.717) is 18.0 Å². The summed E-state index contributed by atoms with van der Waals surface area (Å²) in [5.74, 6) is 0.886. The minimum Gasteiger partial charge on any atom is -0.457 e. The normalized spacial score (nSPS) is 10.2. The van der Waals surface area contributed by atoms with E-state index in [2.05, 4.69) is 0 Å². The van der Waals surface area contributed by atoms with Crippen LogP contribution in [0.5, 0.6) is 11.5 Å². The first-order valence-corrected chi connectivity index (χ1v) is 5.50. The van der Waals surface area contributed by atoms with Gasteiger partial charge in [-0.1, -0.05) is 18.2 Å². The van der Waals surface area contributed by atoms with Crippen molar-refractivity contribution in [2.24, 2.45) is 5.73 Å². The fourth-order valence-electron chi connectivity index (χ4n) is 1.60. The third kappa shape index (κ3) is 3.29. The zero-order valence-electron chi connectivity index (χ0n) is 9.40. The van der Waals surface area contributed by atoms with Crippen LogP contribution in [-0.2, 0) is 6.42 Å². The first-order valence-electron chi connectivity index (χ1n) is 5.50. The lowest BCUT2D eigenvalue weighted by Gasteiger charge is -2.07. The number of nitrogens with two attached hydrogens (primary N) is 1. The van der Waals surface area contributed by atoms with Gasteiger partial charge < -0.3 is 10.5 Å². The van der Waals surface area contributed by atoms with E-state index in [0.717, 1.165) is 12.0 Å². The predicted octanol–water partition coefficient (Wildman–Crippen LogP) is 3.12. The number of rotatable bonds is 4. The number of hydrogen-bond donors (Lipinski definition) is 1. The summed E-state index contributed by atoms with van der Waals surface area (Å²) in [5, 5.41) is 0. The van der Waals surface area contributed by atoms with Gasteiger partial charge in [0, 0.05) is 6.07 Å². The molecule has 0 unspecified atom stereocenters. The Morgan fingerprint density at radius 3 is 2.41 bits per heavy atom. The van der Waals surface area contributed by atoms with Crippen LogP contribution in [0, 0.1) is 5.82 Å². The molecule has 0 saturated carbocycles. The molecule has 0 aliphatic carbocycles. The van der Waals surface area contributed by atoms with Crippen LogP contribution in [-0.4, -0.2) is 6.54 Å². The molecule has 88 valence electrons. The van der Waals surface area contributed by atoms with Gasteiger partial charge in [-0.25, -0.2) is 4.39 Å². The van der Waals surface area contributed by atoms with Crippen LogP contribution < -0.4 is 10.5 Å². The molecule has 0 heterocycles. The van der Waals surface area contributed by atoms with Gasteiger partial charge >= 0.3 is 0 Å². The van der Waals surface area contributed by atoms with Crippen LogP contribution in [0.3, 0.4) is 0 Å². The monoisotopic (exact) mass is 231 g/mol. The van der Waals surface area contributed by atoms with Gasteiger partial charge in [-0.15, -0.1) is 0 Å². The van der Waals surface area contributed by atoms with E-state index in [4.69, 9.17) is 10.5 Å². The summed E-state index contributed by atoms with van der Waals surface area (Å²) in [6.07, 6.45) is 0.806. The Labute approximate surface area is 99.8 Å². The van der Waals surface area contributed by atoms with Crippen molar-refractivity contribution >= 4 is 0 Å². The summed E-state index contributed by atoms with van der Waals surface area (Å²) in [5.41, 5.74) is 6.61. The van der Waals surface area contributed by atoms with Crippen LogP contribution in [0.1, 0.15) is 5.56 Å². The molecule has 0 saturated heterocycles. The third-order valence-electron chi connectivity index (χ3n) is 2.36. The lowest BCUT2D eigenvalue weighted by molar-refractivity contribution is 0.476. The third-order valence-corrected chi connectivity index (χ3v) is 2.36. The van der Waals surface area contributed by atoms with Gasteiger partial charge in [0.05, 0.1) is 0 Å². The van der Waals surface area contributed by atoms with Gasteiger partial charge in [0.1, 0.15) is 17.3 Å². The van der Waals surface area contributed by atoms with Crippen molar-refractivity contribution in [3.8, 4) is 11.5 Å². The van der Waals surface area contributed by atoms with Crippen LogP contribution in [0.25, 0.3) is 0 Å². The maximum Gasteiger partial charge on any atom is 0.130 e. The molecule has 0 atom stereocenters. The molecule has 0 aromatic heterocycles. The van der Waals surface area contributed by atoms with E-state index in [-0.39, 0.29) is 5.82 Å². The number of halogens is 1. The van der Waals surface area contributed by atoms with Crippen molar-refractivity contribution in [2.45, 2.75) is 6.42 Å². The maximum absolute atomic E-state index is 13.0. The highest BCUT2D eigenvalue weighted by Gasteiger charge is 2.00. The molecule has 2 nitrogen and oxygen atoms in total. The molecule has 0 amide bonds. The fraction of sp³-hybridized carbons (Fsp3) is 0.143. The minimum absolute atomic E-state index is 0.305. The average Bonchev–Trinajstić information content (AvgIpc) is 2.30.